The molecule has 0 aromatic heterocycles. The number of ether oxygens (including phenoxy) is 2. The fraction of sp³-hybridized carbons (Fsp3) is 0.417. The monoisotopic (exact) mass is 240 g/mol. The molecule has 0 radical (unpaired) electrons. The van der Waals surface area contributed by atoms with E-state index in [1.807, 2.05) is 30.3 Å². The lowest BCUT2D eigenvalue weighted by molar-refractivity contribution is -0.147. The average molecular weight is 240 g/mol. The first-order valence-electron chi connectivity index (χ1n) is 5.33. The zero-order valence-corrected chi connectivity index (χ0v) is 9.08. The van der Waals surface area contributed by atoms with Gasteiger partial charge < -0.3 is 14.6 Å². The quantitative estimate of drug-likeness (QED) is 0.792. The lowest BCUT2D eigenvalue weighted by Crippen LogP contribution is -2.31. The minimum atomic E-state index is -1.96. The summed E-state index contributed by atoms with van der Waals surface area (Å²) in [7, 11) is 0. The molecule has 1 heterocycles. The highest BCUT2D eigenvalue weighted by atomic mass is 19.1. The van der Waals surface area contributed by atoms with Crippen LogP contribution in [0.3, 0.4) is 0 Å². The molecule has 5 heteroatoms. The summed E-state index contributed by atoms with van der Waals surface area (Å²) in [5.74, 6) is -1.02. The van der Waals surface area contributed by atoms with Gasteiger partial charge in [-0.1, -0.05) is 30.3 Å². The summed E-state index contributed by atoms with van der Waals surface area (Å²) in [6, 6.07) is 9.41. The molecule has 0 saturated carbocycles. The molecule has 0 spiro atoms. The highest BCUT2D eigenvalue weighted by molar-refractivity contribution is 5.77. The third kappa shape index (κ3) is 2.81. The van der Waals surface area contributed by atoms with Crippen LogP contribution >= 0.6 is 0 Å². The van der Waals surface area contributed by atoms with E-state index in [4.69, 9.17) is 4.74 Å². The molecule has 2 rings (SSSR count). The largest absolute Gasteiger partial charge is 0.455 e. The number of aliphatic hydroxyl groups is 1. The fourth-order valence-electron chi connectivity index (χ4n) is 1.61. The van der Waals surface area contributed by atoms with Gasteiger partial charge in [0.2, 0.25) is 6.17 Å². The molecule has 0 amide bonds. The van der Waals surface area contributed by atoms with E-state index in [2.05, 4.69) is 4.74 Å². The van der Waals surface area contributed by atoms with E-state index in [-0.39, 0.29) is 6.61 Å². The summed E-state index contributed by atoms with van der Waals surface area (Å²) in [5, 5.41) is 9.32. The second kappa shape index (κ2) is 5.25. The molecule has 1 fully saturated rings. The van der Waals surface area contributed by atoms with Crippen molar-refractivity contribution < 1.29 is 23.8 Å². The van der Waals surface area contributed by atoms with Gasteiger partial charge in [0.05, 0.1) is 13.2 Å². The first-order valence-corrected chi connectivity index (χ1v) is 5.33. The van der Waals surface area contributed by atoms with Crippen LogP contribution in [0.5, 0.6) is 0 Å². The Morgan fingerprint density at radius 3 is 2.65 bits per heavy atom. The van der Waals surface area contributed by atoms with Crippen molar-refractivity contribution in [3.8, 4) is 0 Å². The van der Waals surface area contributed by atoms with Crippen molar-refractivity contribution >= 4 is 5.97 Å². The summed E-state index contributed by atoms with van der Waals surface area (Å²) in [5.41, 5.74) is 0.961. The maximum atomic E-state index is 12.9. The minimum absolute atomic E-state index is 0.0117. The van der Waals surface area contributed by atoms with Crippen molar-refractivity contribution in [1.29, 1.82) is 0 Å². The molecule has 1 saturated heterocycles. The normalized spacial score (nSPS) is 28.1. The molecule has 1 aliphatic rings. The SMILES string of the molecule is O=C1O[C@H](COCc2ccccc2)[C@H](O)[C@H]1F. The average Bonchev–Trinajstić information content (AvgIpc) is 2.59. The van der Waals surface area contributed by atoms with Crippen LogP contribution in [0.15, 0.2) is 30.3 Å². The highest BCUT2D eigenvalue weighted by Crippen LogP contribution is 2.19. The highest BCUT2D eigenvalue weighted by Gasteiger charge is 2.44. The molecule has 1 aromatic carbocycles. The molecule has 3 atom stereocenters. The van der Waals surface area contributed by atoms with Gasteiger partial charge >= 0.3 is 5.97 Å². The Morgan fingerprint density at radius 2 is 2.06 bits per heavy atom. The standard InChI is InChI=1S/C12H13FO4/c13-10-11(14)9(17-12(10)15)7-16-6-8-4-2-1-3-5-8/h1-5,9-11,14H,6-7H2/t9-,10-,11+/m1/s1. The van der Waals surface area contributed by atoms with Crippen molar-refractivity contribution in [2.24, 2.45) is 0 Å². The molecular weight excluding hydrogens is 227 g/mol. The molecule has 0 bridgehead atoms. The van der Waals surface area contributed by atoms with E-state index in [0.717, 1.165) is 5.56 Å². The smallest absolute Gasteiger partial charge is 0.344 e. The van der Waals surface area contributed by atoms with Crippen molar-refractivity contribution in [2.45, 2.75) is 25.0 Å². The number of rotatable bonds is 4. The summed E-state index contributed by atoms with van der Waals surface area (Å²) in [6.45, 7) is 0.320. The van der Waals surface area contributed by atoms with E-state index in [9.17, 15) is 14.3 Å². The maximum Gasteiger partial charge on any atom is 0.344 e. The van der Waals surface area contributed by atoms with Gasteiger partial charge in [0.1, 0.15) is 6.10 Å². The van der Waals surface area contributed by atoms with Crippen LogP contribution in [0, 0.1) is 0 Å². The van der Waals surface area contributed by atoms with Crippen LogP contribution in [-0.4, -0.2) is 36.1 Å². The number of halogens is 1. The predicted octanol–water partition coefficient (Wildman–Crippen LogP) is 0.828. The number of benzene rings is 1. The van der Waals surface area contributed by atoms with E-state index >= 15 is 0 Å². The van der Waals surface area contributed by atoms with Crippen LogP contribution in [0.2, 0.25) is 0 Å². The third-order valence-corrected chi connectivity index (χ3v) is 2.57. The van der Waals surface area contributed by atoms with Crippen LogP contribution in [0.4, 0.5) is 4.39 Å². The Balaban J connectivity index is 1.78. The van der Waals surface area contributed by atoms with Gasteiger partial charge in [0.15, 0.2) is 6.10 Å². The molecule has 92 valence electrons. The van der Waals surface area contributed by atoms with Gasteiger partial charge in [-0.25, -0.2) is 9.18 Å². The van der Waals surface area contributed by atoms with Gasteiger partial charge in [0.25, 0.3) is 0 Å². The molecule has 0 aliphatic carbocycles. The number of alkyl halides is 1. The second-order valence-corrected chi connectivity index (χ2v) is 3.87. The summed E-state index contributed by atoms with van der Waals surface area (Å²) in [6.07, 6.45) is -4.31. The number of aliphatic hydroxyl groups excluding tert-OH is 1. The van der Waals surface area contributed by atoms with Gasteiger partial charge in [0, 0.05) is 0 Å². The Bertz CT molecular complexity index is 381. The second-order valence-electron chi connectivity index (χ2n) is 3.87. The molecule has 4 nitrogen and oxygen atoms in total. The van der Waals surface area contributed by atoms with E-state index in [1.165, 1.54) is 0 Å². The first-order chi connectivity index (χ1) is 8.18. The van der Waals surface area contributed by atoms with E-state index < -0.39 is 24.3 Å². The summed E-state index contributed by atoms with van der Waals surface area (Å²) in [4.78, 5) is 10.8. The van der Waals surface area contributed by atoms with Gasteiger partial charge in [-0.2, -0.15) is 0 Å². The number of carbonyl (C=O) groups is 1. The number of cyclic esters (lactones) is 1. The van der Waals surface area contributed by atoms with Gasteiger partial charge in [-0.15, -0.1) is 0 Å². The molecular formula is C12H13FO4. The predicted molar refractivity (Wildman–Crippen MR) is 56.9 cm³/mol. The Hall–Kier alpha value is -1.46. The number of carbonyl (C=O) groups excluding carboxylic acids is 1. The number of esters is 1. The molecule has 17 heavy (non-hydrogen) atoms. The molecule has 1 N–H and O–H groups in total. The molecule has 0 unspecified atom stereocenters. The fourth-order valence-corrected chi connectivity index (χ4v) is 1.61. The van der Waals surface area contributed by atoms with Gasteiger partial charge in [-0.05, 0) is 5.56 Å². The summed E-state index contributed by atoms with van der Waals surface area (Å²) < 4.78 is 22.8. The Labute approximate surface area is 98.0 Å². The molecule has 1 aromatic rings. The first kappa shape index (κ1) is 12.0. The maximum absolute atomic E-state index is 12.9. The van der Waals surface area contributed by atoms with Crippen LogP contribution < -0.4 is 0 Å². The van der Waals surface area contributed by atoms with Crippen molar-refractivity contribution in [3.63, 3.8) is 0 Å². The van der Waals surface area contributed by atoms with Gasteiger partial charge in [-0.3, -0.25) is 0 Å². The van der Waals surface area contributed by atoms with Crippen LogP contribution in [0.1, 0.15) is 5.56 Å². The number of hydrogen-bond acceptors (Lipinski definition) is 4. The zero-order chi connectivity index (χ0) is 12.3. The van der Waals surface area contributed by atoms with Crippen molar-refractivity contribution in [2.75, 3.05) is 6.61 Å². The third-order valence-electron chi connectivity index (χ3n) is 2.57. The Kier molecular flexibility index (Phi) is 3.71. The van der Waals surface area contributed by atoms with E-state index in [0.29, 0.717) is 6.61 Å². The Morgan fingerprint density at radius 1 is 1.35 bits per heavy atom. The minimum Gasteiger partial charge on any atom is -0.455 e. The lowest BCUT2D eigenvalue weighted by atomic mass is 10.2. The van der Waals surface area contributed by atoms with Crippen molar-refractivity contribution in [1.82, 2.24) is 0 Å². The lowest BCUT2D eigenvalue weighted by Gasteiger charge is -2.13. The van der Waals surface area contributed by atoms with E-state index in [1.54, 1.807) is 0 Å². The van der Waals surface area contributed by atoms with Crippen LogP contribution in [-0.2, 0) is 20.9 Å². The topological polar surface area (TPSA) is 55.8 Å². The zero-order valence-electron chi connectivity index (χ0n) is 9.08. The van der Waals surface area contributed by atoms with Crippen LogP contribution in [0.25, 0.3) is 0 Å². The summed E-state index contributed by atoms with van der Waals surface area (Å²) >= 11 is 0. The number of hydrogen-bond donors (Lipinski definition) is 1. The van der Waals surface area contributed by atoms with Crippen molar-refractivity contribution in [3.05, 3.63) is 35.9 Å². The molecule has 1 aliphatic heterocycles.